The largest absolute Gasteiger partial charge is 0.399 e. The van der Waals surface area contributed by atoms with Crippen LogP contribution in [0.15, 0.2) is 54.6 Å². The number of benzene rings is 3. The molecule has 0 spiro atoms. The third-order valence-corrected chi connectivity index (χ3v) is 7.47. The van der Waals surface area contributed by atoms with Crippen LogP contribution in [0.3, 0.4) is 0 Å². The molecule has 0 aromatic heterocycles. The van der Waals surface area contributed by atoms with E-state index in [9.17, 15) is 9.90 Å². The fourth-order valence-electron chi connectivity index (χ4n) is 6.16. The standard InChI is InChI=1S/C29H27N2O2/c1-29(2)15-18-13-19(30)7-8-21(18)22-9-10-24-23(27(22)29)11-12-26(33)28(24)31-20(16-32)14-17-5-3-4-6-25(17)31/h3-10,13,15,20H,11-12,14,16,30H2,1-2H3. The van der Waals surface area contributed by atoms with Gasteiger partial charge in [0, 0.05) is 28.4 Å². The van der Waals surface area contributed by atoms with Crippen molar-refractivity contribution in [3.63, 3.8) is 0 Å². The Morgan fingerprint density at radius 2 is 1.76 bits per heavy atom. The van der Waals surface area contributed by atoms with Crippen LogP contribution in [-0.2, 0) is 28.2 Å². The molecule has 0 bridgehead atoms. The van der Waals surface area contributed by atoms with Gasteiger partial charge in [0.2, 0.25) is 0 Å². The summed E-state index contributed by atoms with van der Waals surface area (Å²) in [6, 6.07) is 18.2. The van der Waals surface area contributed by atoms with Crippen LogP contribution in [-0.4, -0.2) is 18.4 Å². The molecule has 4 nitrogen and oxygen atoms in total. The zero-order chi connectivity index (χ0) is 22.9. The number of nitrogens with two attached hydrogens (primary N) is 1. The van der Waals surface area contributed by atoms with Crippen molar-refractivity contribution in [3.8, 4) is 0 Å². The number of nitrogen functional groups attached to an aromatic ring is 1. The molecule has 165 valence electrons. The maximum atomic E-state index is 13.4. The molecule has 33 heavy (non-hydrogen) atoms. The molecule has 4 heteroatoms. The van der Waals surface area contributed by atoms with Crippen LogP contribution in [0.5, 0.6) is 0 Å². The van der Waals surface area contributed by atoms with Crippen molar-refractivity contribution >= 4 is 28.9 Å². The van der Waals surface area contributed by atoms with E-state index >= 15 is 0 Å². The van der Waals surface area contributed by atoms with Gasteiger partial charge in [-0.1, -0.05) is 56.3 Å². The second-order valence-corrected chi connectivity index (χ2v) is 10.0. The summed E-state index contributed by atoms with van der Waals surface area (Å²) >= 11 is 0. The number of nitrogens with zero attached hydrogens (tertiary/aromatic N) is 1. The highest BCUT2D eigenvalue weighted by Gasteiger charge is 2.37. The minimum Gasteiger partial charge on any atom is -0.399 e. The molecule has 2 aliphatic carbocycles. The Hall–Kier alpha value is -3.37. The average molecular weight is 436 g/mol. The lowest BCUT2D eigenvalue weighted by Gasteiger charge is -2.33. The molecule has 3 aromatic carbocycles. The van der Waals surface area contributed by atoms with Crippen LogP contribution in [0.25, 0.3) is 11.8 Å². The Morgan fingerprint density at radius 3 is 2.58 bits per heavy atom. The number of hydrogen-bond acceptors (Lipinski definition) is 3. The molecule has 2 N–H and O–H groups in total. The first-order valence-corrected chi connectivity index (χ1v) is 11.7. The highest BCUT2D eigenvalue weighted by atomic mass is 16.3. The maximum absolute atomic E-state index is 13.4. The second kappa shape index (κ2) is 7.06. The summed E-state index contributed by atoms with van der Waals surface area (Å²) in [5.41, 5.74) is 12.0. The number of rotatable bonds is 2. The Bertz CT molecular complexity index is 1550. The maximum Gasteiger partial charge on any atom is 0.180 e. The fourth-order valence-corrected chi connectivity index (χ4v) is 6.16. The topological polar surface area (TPSA) is 66.2 Å². The van der Waals surface area contributed by atoms with Gasteiger partial charge in [-0.25, -0.2) is 5.11 Å². The molecule has 0 amide bonds. The van der Waals surface area contributed by atoms with Crippen LogP contribution in [0.1, 0.15) is 37.0 Å². The van der Waals surface area contributed by atoms with Gasteiger partial charge in [-0.15, -0.1) is 0 Å². The van der Waals surface area contributed by atoms with E-state index in [0.29, 0.717) is 18.5 Å². The molecule has 1 unspecified atom stereocenters. The third kappa shape index (κ3) is 2.90. The average Bonchev–Trinajstić information content (AvgIpc) is 3.16. The number of Topliss-reactive ketones (excluding diaryl/α,β-unsaturated/α-hetero) is 1. The highest BCUT2D eigenvalue weighted by molar-refractivity contribution is 6.20. The molecule has 1 heterocycles. The summed E-state index contributed by atoms with van der Waals surface area (Å²) in [5, 5.41) is 16.7. The number of hydrogen-bond donors (Lipinski definition) is 1. The number of carbonyl (C=O) groups excluding carboxylic acids is 1. The van der Waals surface area contributed by atoms with Gasteiger partial charge in [-0.05, 0) is 63.4 Å². The van der Waals surface area contributed by atoms with E-state index in [1.54, 1.807) is 0 Å². The van der Waals surface area contributed by atoms with Crippen molar-refractivity contribution in [2.45, 2.75) is 44.6 Å². The summed E-state index contributed by atoms with van der Waals surface area (Å²) in [4.78, 5) is 15.4. The second-order valence-electron chi connectivity index (χ2n) is 10.0. The molecule has 3 aromatic rings. The Balaban J connectivity index is 1.73. The molecule has 1 atom stereocenters. The van der Waals surface area contributed by atoms with Crippen molar-refractivity contribution in [3.05, 3.63) is 92.2 Å². The molecule has 6 rings (SSSR count). The smallest absolute Gasteiger partial charge is 0.180 e. The number of carbonyl (C=O) groups is 1. The van der Waals surface area contributed by atoms with E-state index < -0.39 is 0 Å². The minimum atomic E-state index is -0.236. The van der Waals surface area contributed by atoms with Crippen molar-refractivity contribution in [1.29, 1.82) is 0 Å². The SMILES string of the molecule is CC1(C)C=c2cc(N)ccc2=c2ccc3c(c21)CCC(=O)C=3N1c2ccccc2CC1C[O]. The summed E-state index contributed by atoms with van der Waals surface area (Å²) in [6.07, 6.45) is 4.17. The summed E-state index contributed by atoms with van der Waals surface area (Å²) < 4.78 is 0. The zero-order valence-corrected chi connectivity index (χ0v) is 19.0. The summed E-state index contributed by atoms with van der Waals surface area (Å²) in [7, 11) is 0. The van der Waals surface area contributed by atoms with Crippen molar-refractivity contribution in [1.82, 2.24) is 0 Å². The summed E-state index contributed by atoms with van der Waals surface area (Å²) in [5.74, 6) is 0.128. The predicted octanol–water partition coefficient (Wildman–Crippen LogP) is 3.11. The first kappa shape index (κ1) is 20.3. The first-order valence-electron chi connectivity index (χ1n) is 11.7. The van der Waals surface area contributed by atoms with Gasteiger partial charge in [0.05, 0.1) is 11.7 Å². The van der Waals surface area contributed by atoms with Gasteiger partial charge >= 0.3 is 0 Å². The van der Waals surface area contributed by atoms with Crippen LogP contribution in [0.2, 0.25) is 0 Å². The lowest BCUT2D eigenvalue weighted by atomic mass is 9.74. The van der Waals surface area contributed by atoms with Crippen molar-refractivity contribution in [2.24, 2.45) is 0 Å². The quantitative estimate of drug-likeness (QED) is 0.629. The van der Waals surface area contributed by atoms with Gasteiger partial charge in [0.1, 0.15) is 6.61 Å². The molecular formula is C29H27N2O2. The van der Waals surface area contributed by atoms with E-state index in [-0.39, 0.29) is 23.8 Å². The number of anilines is 2. The summed E-state index contributed by atoms with van der Waals surface area (Å²) in [6.45, 7) is 4.24. The van der Waals surface area contributed by atoms with Crippen LogP contribution in [0, 0.1) is 10.4 Å². The number of fused-ring (bicyclic) bond motifs is 5. The fraction of sp³-hybridized carbons (Fsp3) is 0.276. The van der Waals surface area contributed by atoms with Gasteiger partial charge in [-0.2, -0.15) is 0 Å². The Labute approximate surface area is 193 Å². The molecule has 1 radical (unpaired) electrons. The lowest BCUT2D eigenvalue weighted by Crippen LogP contribution is -2.43. The van der Waals surface area contributed by atoms with Gasteiger partial charge in [0.15, 0.2) is 5.78 Å². The van der Waals surface area contributed by atoms with Crippen molar-refractivity contribution in [2.75, 3.05) is 17.2 Å². The normalized spacial score (nSPS) is 20.0. The molecule has 1 aliphatic heterocycles. The van der Waals surface area contributed by atoms with E-state index in [1.807, 2.05) is 35.2 Å². The molecular weight excluding hydrogens is 408 g/mol. The Kier molecular flexibility index (Phi) is 4.33. The van der Waals surface area contributed by atoms with Gasteiger partial charge < -0.3 is 10.6 Å². The number of ketones is 1. The van der Waals surface area contributed by atoms with E-state index in [1.165, 1.54) is 21.6 Å². The molecule has 3 aliphatic rings. The first-order chi connectivity index (χ1) is 15.9. The molecule has 0 saturated carbocycles. The third-order valence-electron chi connectivity index (χ3n) is 7.47. The predicted molar refractivity (Wildman–Crippen MR) is 130 cm³/mol. The van der Waals surface area contributed by atoms with Crippen LogP contribution < -0.4 is 21.1 Å². The molecule has 0 fully saturated rings. The van der Waals surface area contributed by atoms with Gasteiger partial charge in [-0.3, -0.25) is 4.79 Å². The highest BCUT2D eigenvalue weighted by Crippen LogP contribution is 2.38. The van der Waals surface area contributed by atoms with E-state index in [4.69, 9.17) is 5.73 Å². The number of para-hydroxylation sites is 1. The Morgan fingerprint density at radius 1 is 1.00 bits per heavy atom. The van der Waals surface area contributed by atoms with E-state index in [2.05, 4.69) is 44.2 Å². The lowest BCUT2D eigenvalue weighted by molar-refractivity contribution is -0.114. The zero-order valence-electron chi connectivity index (χ0n) is 19.0. The van der Waals surface area contributed by atoms with Crippen molar-refractivity contribution < 1.29 is 9.90 Å². The van der Waals surface area contributed by atoms with Crippen LogP contribution >= 0.6 is 0 Å². The van der Waals surface area contributed by atoms with E-state index in [0.717, 1.165) is 33.8 Å². The monoisotopic (exact) mass is 435 g/mol. The minimum absolute atomic E-state index is 0.128. The van der Waals surface area contributed by atoms with Gasteiger partial charge in [0.25, 0.3) is 0 Å². The van der Waals surface area contributed by atoms with Crippen LogP contribution in [0.4, 0.5) is 11.4 Å². The molecule has 0 saturated heterocycles.